The van der Waals surface area contributed by atoms with Crippen molar-refractivity contribution in [2.24, 2.45) is 0 Å². The van der Waals surface area contributed by atoms with Crippen LogP contribution in [-0.4, -0.2) is 28.3 Å². The summed E-state index contributed by atoms with van der Waals surface area (Å²) in [5, 5.41) is 7.19. The van der Waals surface area contributed by atoms with Crippen molar-refractivity contribution in [3.8, 4) is 0 Å². The zero-order valence-corrected chi connectivity index (χ0v) is 10.00. The van der Waals surface area contributed by atoms with Gasteiger partial charge in [0, 0.05) is 6.20 Å². The highest BCUT2D eigenvalue weighted by Gasteiger charge is 2.17. The highest BCUT2D eigenvalue weighted by molar-refractivity contribution is 6.35. The first kappa shape index (κ1) is 12.4. The number of aromatic nitrogens is 3. The third-order valence-electron chi connectivity index (χ3n) is 1.81. The van der Waals surface area contributed by atoms with E-state index < -0.39 is 5.97 Å². The summed E-state index contributed by atoms with van der Waals surface area (Å²) in [7, 11) is 1.28. The van der Waals surface area contributed by atoms with Crippen molar-refractivity contribution in [3.05, 3.63) is 23.1 Å². The number of rotatable bonds is 1. The van der Waals surface area contributed by atoms with Crippen molar-refractivity contribution in [1.82, 2.24) is 15.2 Å². The maximum atomic E-state index is 11.2. The molecule has 86 valence electrons. The number of methoxy groups -OCH3 is 1. The van der Waals surface area contributed by atoms with Crippen LogP contribution in [-0.2, 0) is 4.74 Å². The van der Waals surface area contributed by atoms with Crippen molar-refractivity contribution < 1.29 is 9.53 Å². The molecule has 0 amide bonds. The predicted molar refractivity (Wildman–Crippen MR) is 61.6 cm³/mol. The van der Waals surface area contributed by atoms with Gasteiger partial charge in [-0.25, -0.2) is 9.78 Å². The van der Waals surface area contributed by atoms with Crippen LogP contribution in [0.5, 0.6) is 0 Å². The van der Waals surface area contributed by atoms with Gasteiger partial charge in [0.05, 0.1) is 18.0 Å². The van der Waals surface area contributed by atoms with Gasteiger partial charge in [0.15, 0.2) is 5.69 Å². The second kappa shape index (κ2) is 5.46. The summed E-state index contributed by atoms with van der Waals surface area (Å²) in [5.74, 6) is -0.536. The lowest BCUT2D eigenvalue weighted by Gasteiger charge is -1.95. The predicted octanol–water partition coefficient (Wildman–Crippen LogP) is 2.42. The molecule has 16 heavy (non-hydrogen) atoms. The van der Waals surface area contributed by atoms with Gasteiger partial charge in [-0.1, -0.05) is 25.4 Å². The number of ether oxygens (including phenoxy) is 1. The Labute approximate surface area is 97.8 Å². The number of carbonyl (C=O) groups is 1. The van der Waals surface area contributed by atoms with Gasteiger partial charge >= 0.3 is 5.97 Å². The van der Waals surface area contributed by atoms with E-state index in [9.17, 15) is 4.79 Å². The minimum Gasteiger partial charge on any atom is -0.464 e. The van der Waals surface area contributed by atoms with E-state index in [1.54, 1.807) is 6.07 Å². The lowest BCUT2D eigenvalue weighted by Crippen LogP contribution is -2.02. The molecule has 2 aromatic heterocycles. The molecular formula is C10H12ClN3O2. The van der Waals surface area contributed by atoms with Gasteiger partial charge in [0.2, 0.25) is 0 Å². The van der Waals surface area contributed by atoms with Crippen LogP contribution in [0.4, 0.5) is 0 Å². The van der Waals surface area contributed by atoms with Crippen LogP contribution in [0.25, 0.3) is 10.9 Å². The standard InChI is InChI=1S/C8H6ClN3O2.C2H6/c1-14-8(13)6-5-4(11-12-6)2-3-10-7(5)9;1-2/h2-3H,1H3,(H,11,12);1-2H3. The van der Waals surface area contributed by atoms with Crippen molar-refractivity contribution >= 4 is 28.5 Å². The number of nitrogens with zero attached hydrogens (tertiary/aromatic N) is 2. The van der Waals surface area contributed by atoms with Crippen molar-refractivity contribution in [1.29, 1.82) is 0 Å². The summed E-state index contributed by atoms with van der Waals surface area (Å²) in [6.07, 6.45) is 1.53. The Bertz CT molecular complexity index is 496. The molecule has 0 radical (unpaired) electrons. The van der Waals surface area contributed by atoms with Gasteiger partial charge < -0.3 is 4.74 Å². The van der Waals surface area contributed by atoms with Crippen LogP contribution in [0.1, 0.15) is 24.3 Å². The Morgan fingerprint density at radius 3 is 2.81 bits per heavy atom. The molecular weight excluding hydrogens is 230 g/mol. The molecule has 5 nitrogen and oxygen atoms in total. The minimum atomic E-state index is -0.536. The molecule has 0 aliphatic rings. The van der Waals surface area contributed by atoms with Gasteiger partial charge in [-0.05, 0) is 6.07 Å². The molecule has 0 fully saturated rings. The van der Waals surface area contributed by atoms with E-state index in [1.807, 2.05) is 13.8 Å². The number of hydrogen-bond acceptors (Lipinski definition) is 4. The van der Waals surface area contributed by atoms with Crippen molar-refractivity contribution in [2.45, 2.75) is 13.8 Å². The number of halogens is 1. The Hall–Kier alpha value is -1.62. The lowest BCUT2D eigenvalue weighted by molar-refractivity contribution is 0.0596. The van der Waals surface area contributed by atoms with Crippen LogP contribution in [0, 0.1) is 0 Å². The quantitative estimate of drug-likeness (QED) is 0.615. The summed E-state index contributed by atoms with van der Waals surface area (Å²) in [6, 6.07) is 1.68. The number of aromatic amines is 1. The summed E-state index contributed by atoms with van der Waals surface area (Å²) in [4.78, 5) is 15.1. The fourth-order valence-electron chi connectivity index (χ4n) is 1.17. The molecule has 0 unspecified atom stereocenters. The van der Waals surface area contributed by atoms with E-state index in [-0.39, 0.29) is 10.8 Å². The fourth-order valence-corrected chi connectivity index (χ4v) is 1.42. The normalized spacial score (nSPS) is 9.50. The van der Waals surface area contributed by atoms with Crippen molar-refractivity contribution in [2.75, 3.05) is 7.11 Å². The zero-order chi connectivity index (χ0) is 12.1. The van der Waals surface area contributed by atoms with Crippen LogP contribution in [0.3, 0.4) is 0 Å². The molecule has 0 saturated carbocycles. The topological polar surface area (TPSA) is 67.9 Å². The van der Waals surface area contributed by atoms with Crippen LogP contribution >= 0.6 is 11.6 Å². The first-order chi connectivity index (χ1) is 7.74. The number of carbonyl (C=O) groups excluding carboxylic acids is 1. The summed E-state index contributed by atoms with van der Waals surface area (Å²) in [5.41, 5.74) is 0.811. The molecule has 1 N–H and O–H groups in total. The maximum absolute atomic E-state index is 11.2. The van der Waals surface area contributed by atoms with Gasteiger partial charge in [0.25, 0.3) is 0 Å². The first-order valence-corrected chi connectivity index (χ1v) is 5.18. The highest BCUT2D eigenvalue weighted by atomic mass is 35.5. The number of esters is 1. The Morgan fingerprint density at radius 2 is 2.19 bits per heavy atom. The second-order valence-electron chi connectivity index (χ2n) is 2.59. The third-order valence-corrected chi connectivity index (χ3v) is 2.09. The molecule has 2 heterocycles. The van der Waals surface area contributed by atoms with E-state index in [0.717, 1.165) is 0 Å². The third kappa shape index (κ3) is 2.14. The molecule has 0 saturated heterocycles. The zero-order valence-electron chi connectivity index (χ0n) is 9.24. The number of hydrogen-bond donors (Lipinski definition) is 1. The number of fused-ring (bicyclic) bond motifs is 1. The number of nitrogens with one attached hydrogen (secondary N) is 1. The number of pyridine rings is 1. The van der Waals surface area contributed by atoms with Crippen LogP contribution in [0.15, 0.2) is 12.3 Å². The molecule has 2 rings (SSSR count). The van der Waals surface area contributed by atoms with Gasteiger partial charge in [-0.15, -0.1) is 0 Å². The van der Waals surface area contributed by atoms with Crippen LogP contribution < -0.4 is 0 Å². The fraction of sp³-hybridized carbons (Fsp3) is 0.300. The van der Waals surface area contributed by atoms with Gasteiger partial charge in [-0.2, -0.15) is 5.10 Å². The largest absolute Gasteiger partial charge is 0.464 e. The summed E-state index contributed by atoms with van der Waals surface area (Å²) in [6.45, 7) is 4.00. The maximum Gasteiger partial charge on any atom is 0.359 e. The van der Waals surface area contributed by atoms with E-state index in [1.165, 1.54) is 13.3 Å². The Morgan fingerprint density at radius 1 is 1.50 bits per heavy atom. The average Bonchev–Trinajstić information content (AvgIpc) is 2.76. The van der Waals surface area contributed by atoms with E-state index >= 15 is 0 Å². The SMILES string of the molecule is CC.COC(=O)c1n[nH]c2ccnc(Cl)c12. The molecule has 0 aromatic carbocycles. The van der Waals surface area contributed by atoms with E-state index in [0.29, 0.717) is 10.9 Å². The first-order valence-electron chi connectivity index (χ1n) is 4.81. The molecule has 0 aliphatic heterocycles. The smallest absolute Gasteiger partial charge is 0.359 e. The summed E-state index contributed by atoms with van der Waals surface area (Å²) < 4.78 is 4.55. The molecule has 2 aromatic rings. The highest BCUT2D eigenvalue weighted by Crippen LogP contribution is 2.22. The van der Waals surface area contributed by atoms with Gasteiger partial charge in [0.1, 0.15) is 5.15 Å². The van der Waals surface area contributed by atoms with E-state index in [4.69, 9.17) is 11.6 Å². The summed E-state index contributed by atoms with van der Waals surface area (Å²) >= 11 is 5.83. The number of H-pyrrole nitrogens is 1. The Kier molecular flexibility index (Phi) is 4.25. The molecule has 6 heteroatoms. The monoisotopic (exact) mass is 241 g/mol. The van der Waals surface area contributed by atoms with Crippen LogP contribution in [0.2, 0.25) is 5.15 Å². The Balaban J connectivity index is 0.000000606. The average molecular weight is 242 g/mol. The minimum absolute atomic E-state index is 0.153. The van der Waals surface area contributed by atoms with Gasteiger partial charge in [-0.3, -0.25) is 5.10 Å². The van der Waals surface area contributed by atoms with Crippen molar-refractivity contribution in [3.63, 3.8) is 0 Å². The lowest BCUT2D eigenvalue weighted by atomic mass is 10.2. The van der Waals surface area contributed by atoms with E-state index in [2.05, 4.69) is 19.9 Å². The molecule has 0 aliphatic carbocycles. The molecule has 0 atom stereocenters. The second-order valence-corrected chi connectivity index (χ2v) is 2.95. The molecule has 0 spiro atoms. The molecule has 0 bridgehead atoms.